The predicted octanol–water partition coefficient (Wildman–Crippen LogP) is 2.77. The molecular weight excluding hydrogens is 250 g/mol. The van der Waals surface area contributed by atoms with Gasteiger partial charge in [-0.1, -0.05) is 30.9 Å². The molecule has 0 radical (unpaired) electrons. The number of nitrogens with one attached hydrogen (secondary N) is 1. The van der Waals surface area contributed by atoms with Gasteiger partial charge in [-0.3, -0.25) is 4.79 Å². The molecule has 1 heterocycles. The van der Waals surface area contributed by atoms with Crippen molar-refractivity contribution in [3.05, 3.63) is 23.0 Å². The van der Waals surface area contributed by atoms with Crippen molar-refractivity contribution in [2.75, 3.05) is 5.73 Å². The quantitative estimate of drug-likeness (QED) is 0.810. The number of anilines is 1. The number of nitrogens with zero attached hydrogens (tertiary/aromatic N) is 1. The fourth-order valence-corrected chi connectivity index (χ4v) is 2.61. The lowest BCUT2D eigenvalue weighted by Gasteiger charge is -2.34. The van der Waals surface area contributed by atoms with Gasteiger partial charge >= 0.3 is 0 Å². The number of rotatable bonds is 2. The third-order valence-electron chi connectivity index (χ3n) is 3.48. The summed E-state index contributed by atoms with van der Waals surface area (Å²) in [6.45, 7) is 2.08. The molecule has 0 saturated heterocycles. The molecule has 0 aliphatic heterocycles. The van der Waals surface area contributed by atoms with Crippen LogP contribution in [0.5, 0.6) is 0 Å². The second-order valence-electron chi connectivity index (χ2n) is 5.18. The van der Waals surface area contributed by atoms with Gasteiger partial charge in [0.05, 0.1) is 17.4 Å². The first kappa shape index (κ1) is 13.1. The summed E-state index contributed by atoms with van der Waals surface area (Å²) in [7, 11) is 0. The summed E-state index contributed by atoms with van der Waals surface area (Å²) in [5.41, 5.74) is 6.29. The molecule has 1 aromatic rings. The molecule has 1 saturated carbocycles. The number of nitrogens with two attached hydrogens (primary N) is 1. The maximum atomic E-state index is 12.2. The molecule has 0 bridgehead atoms. The van der Waals surface area contributed by atoms with Crippen LogP contribution in [-0.2, 0) is 0 Å². The third-order valence-corrected chi connectivity index (χ3v) is 3.78. The average Bonchev–Trinajstić information content (AvgIpc) is 2.32. The van der Waals surface area contributed by atoms with E-state index in [1.165, 1.54) is 12.6 Å². The Morgan fingerprint density at radius 2 is 2.11 bits per heavy atom. The van der Waals surface area contributed by atoms with E-state index >= 15 is 0 Å². The van der Waals surface area contributed by atoms with Crippen molar-refractivity contribution in [1.29, 1.82) is 0 Å². The number of nitrogen functional groups attached to an aromatic ring is 1. The number of hydrogen-bond donors (Lipinski definition) is 2. The van der Waals surface area contributed by atoms with Gasteiger partial charge < -0.3 is 11.1 Å². The highest BCUT2D eigenvalue weighted by Crippen LogP contribution is 2.28. The van der Waals surface area contributed by atoms with Gasteiger partial charge in [0.15, 0.2) is 0 Å². The molecular formula is C13H18ClN3O. The van der Waals surface area contributed by atoms with E-state index in [9.17, 15) is 4.79 Å². The van der Waals surface area contributed by atoms with Crippen LogP contribution in [0.4, 0.5) is 5.69 Å². The molecule has 3 N–H and O–H groups in total. The number of carbonyl (C=O) groups is 1. The minimum Gasteiger partial charge on any atom is -0.397 e. The van der Waals surface area contributed by atoms with E-state index in [4.69, 9.17) is 17.3 Å². The smallest absolute Gasteiger partial charge is 0.254 e. The Kier molecular flexibility index (Phi) is 3.76. The lowest BCUT2D eigenvalue weighted by atomic mass is 9.83. The first-order valence-corrected chi connectivity index (χ1v) is 6.61. The van der Waals surface area contributed by atoms with Crippen LogP contribution in [0.2, 0.25) is 5.15 Å². The van der Waals surface area contributed by atoms with E-state index < -0.39 is 0 Å². The summed E-state index contributed by atoms with van der Waals surface area (Å²) in [5.74, 6) is -0.191. The van der Waals surface area contributed by atoms with E-state index in [2.05, 4.69) is 17.2 Å². The molecule has 0 aromatic carbocycles. The van der Waals surface area contributed by atoms with Crippen molar-refractivity contribution in [3.8, 4) is 0 Å². The second-order valence-corrected chi connectivity index (χ2v) is 5.54. The lowest BCUT2D eigenvalue weighted by Crippen LogP contribution is -2.47. The molecule has 0 spiro atoms. The van der Waals surface area contributed by atoms with Crippen LogP contribution in [-0.4, -0.2) is 16.4 Å². The van der Waals surface area contributed by atoms with Crippen molar-refractivity contribution in [3.63, 3.8) is 0 Å². The Balaban J connectivity index is 2.14. The predicted molar refractivity (Wildman–Crippen MR) is 72.6 cm³/mol. The summed E-state index contributed by atoms with van der Waals surface area (Å²) in [4.78, 5) is 16.1. The summed E-state index contributed by atoms with van der Waals surface area (Å²) in [6, 6.07) is 1.57. The van der Waals surface area contributed by atoms with Gasteiger partial charge in [-0.15, -0.1) is 0 Å². The highest BCUT2D eigenvalue weighted by Gasteiger charge is 2.29. The summed E-state index contributed by atoms with van der Waals surface area (Å²) in [6.07, 6.45) is 7.01. The first-order chi connectivity index (χ1) is 8.50. The number of amides is 1. The molecule has 1 fully saturated rings. The van der Waals surface area contributed by atoms with Crippen LogP contribution >= 0.6 is 11.6 Å². The molecule has 1 aliphatic rings. The maximum absolute atomic E-state index is 12.2. The minimum atomic E-state index is -0.191. The third kappa shape index (κ3) is 2.93. The Morgan fingerprint density at radius 3 is 2.78 bits per heavy atom. The van der Waals surface area contributed by atoms with Gasteiger partial charge in [-0.05, 0) is 25.8 Å². The fourth-order valence-electron chi connectivity index (χ4n) is 2.42. The van der Waals surface area contributed by atoms with Crippen LogP contribution in [0.25, 0.3) is 0 Å². The minimum absolute atomic E-state index is 0.136. The highest BCUT2D eigenvalue weighted by atomic mass is 35.5. The van der Waals surface area contributed by atoms with E-state index in [1.807, 2.05) is 0 Å². The van der Waals surface area contributed by atoms with Crippen LogP contribution in [0.15, 0.2) is 12.3 Å². The molecule has 2 rings (SSSR count). The van der Waals surface area contributed by atoms with Crippen LogP contribution < -0.4 is 11.1 Å². The molecule has 18 heavy (non-hydrogen) atoms. The largest absolute Gasteiger partial charge is 0.397 e. The van der Waals surface area contributed by atoms with Crippen molar-refractivity contribution in [2.45, 2.75) is 44.6 Å². The van der Waals surface area contributed by atoms with Crippen molar-refractivity contribution < 1.29 is 4.79 Å². The average molecular weight is 268 g/mol. The van der Waals surface area contributed by atoms with Gasteiger partial charge in [-0.2, -0.15) is 0 Å². The number of halogens is 1. The second kappa shape index (κ2) is 5.14. The van der Waals surface area contributed by atoms with Crippen LogP contribution in [0.1, 0.15) is 49.4 Å². The molecule has 1 aromatic heterocycles. The van der Waals surface area contributed by atoms with Crippen molar-refractivity contribution >= 4 is 23.2 Å². The van der Waals surface area contributed by atoms with Gasteiger partial charge in [0, 0.05) is 5.54 Å². The van der Waals surface area contributed by atoms with E-state index in [-0.39, 0.29) is 16.6 Å². The van der Waals surface area contributed by atoms with Crippen molar-refractivity contribution in [2.24, 2.45) is 0 Å². The Labute approximate surface area is 112 Å². The standard InChI is InChI=1S/C13H18ClN3O/c1-13(5-3-2-4-6-13)17-12(18)10-7-9(15)8-16-11(10)14/h7-8H,2-6,15H2,1H3,(H,17,18). The van der Waals surface area contributed by atoms with Gasteiger partial charge in [0.25, 0.3) is 5.91 Å². The summed E-state index contributed by atoms with van der Waals surface area (Å²) >= 11 is 5.93. The number of pyridine rings is 1. The maximum Gasteiger partial charge on any atom is 0.254 e. The molecule has 0 unspecified atom stereocenters. The normalized spacial score (nSPS) is 18.3. The van der Waals surface area contributed by atoms with E-state index in [0.29, 0.717) is 11.3 Å². The summed E-state index contributed by atoms with van der Waals surface area (Å²) in [5, 5.41) is 3.26. The van der Waals surface area contributed by atoms with Crippen LogP contribution in [0, 0.1) is 0 Å². The first-order valence-electron chi connectivity index (χ1n) is 6.24. The Bertz CT molecular complexity index is 456. The molecule has 98 valence electrons. The van der Waals surface area contributed by atoms with E-state index in [1.54, 1.807) is 6.07 Å². The zero-order chi connectivity index (χ0) is 13.2. The van der Waals surface area contributed by atoms with Gasteiger partial charge in [0.2, 0.25) is 0 Å². The molecule has 5 heteroatoms. The SMILES string of the molecule is CC1(NC(=O)c2cc(N)cnc2Cl)CCCCC1. The van der Waals surface area contributed by atoms with Crippen LogP contribution in [0.3, 0.4) is 0 Å². The molecule has 0 atom stereocenters. The Morgan fingerprint density at radius 1 is 1.44 bits per heavy atom. The zero-order valence-electron chi connectivity index (χ0n) is 10.5. The monoisotopic (exact) mass is 267 g/mol. The molecule has 1 amide bonds. The lowest BCUT2D eigenvalue weighted by molar-refractivity contribution is 0.0882. The zero-order valence-corrected chi connectivity index (χ0v) is 11.3. The topological polar surface area (TPSA) is 68.0 Å². The molecule has 4 nitrogen and oxygen atoms in total. The highest BCUT2D eigenvalue weighted by molar-refractivity contribution is 6.32. The number of hydrogen-bond acceptors (Lipinski definition) is 3. The van der Waals surface area contributed by atoms with Gasteiger partial charge in [-0.25, -0.2) is 4.98 Å². The van der Waals surface area contributed by atoms with Crippen molar-refractivity contribution in [1.82, 2.24) is 10.3 Å². The fraction of sp³-hybridized carbons (Fsp3) is 0.538. The number of carbonyl (C=O) groups excluding carboxylic acids is 1. The number of aromatic nitrogens is 1. The van der Waals surface area contributed by atoms with E-state index in [0.717, 1.165) is 25.7 Å². The Hall–Kier alpha value is -1.29. The summed E-state index contributed by atoms with van der Waals surface area (Å²) < 4.78 is 0. The van der Waals surface area contributed by atoms with Gasteiger partial charge in [0.1, 0.15) is 5.15 Å². The molecule has 1 aliphatic carbocycles.